The van der Waals surface area contributed by atoms with Crippen LogP contribution in [0.4, 0.5) is 11.4 Å². The highest BCUT2D eigenvalue weighted by Crippen LogP contribution is 2.33. The molecule has 0 spiro atoms. The summed E-state index contributed by atoms with van der Waals surface area (Å²) in [6, 6.07) is 8.47. The molecule has 0 N–H and O–H groups in total. The van der Waals surface area contributed by atoms with Crippen molar-refractivity contribution in [2.75, 3.05) is 42.6 Å². The number of hydrogen-bond donors (Lipinski definition) is 0. The number of pyridine rings is 1. The fourth-order valence-corrected chi connectivity index (χ4v) is 4.17. The van der Waals surface area contributed by atoms with Crippen LogP contribution in [0.25, 0.3) is 11.0 Å². The molecule has 1 aromatic carbocycles. The number of para-hydroxylation sites is 1. The van der Waals surface area contributed by atoms with Gasteiger partial charge in [0.2, 0.25) is 0 Å². The number of esters is 1. The van der Waals surface area contributed by atoms with Gasteiger partial charge in [-0.2, -0.15) is 5.10 Å². The fourth-order valence-electron chi connectivity index (χ4n) is 4.17. The van der Waals surface area contributed by atoms with E-state index in [1.807, 2.05) is 20.9 Å². The zero-order valence-electron chi connectivity index (χ0n) is 17.5. The molecular formula is C22H27N5O2. The summed E-state index contributed by atoms with van der Waals surface area (Å²) in [7, 11) is 1.88. The van der Waals surface area contributed by atoms with Gasteiger partial charge in [0.25, 0.3) is 0 Å². The minimum atomic E-state index is -0.332. The second kappa shape index (κ2) is 7.73. The van der Waals surface area contributed by atoms with E-state index in [1.165, 1.54) is 11.3 Å². The number of ether oxygens (including phenoxy) is 1. The number of rotatable bonds is 4. The SMILES string of the molecule is CCOC(=O)c1cnc2c(c(C)nn2C)c1N1CCN(c2ccccc2C)CC1. The number of hydrogen-bond acceptors (Lipinski definition) is 6. The van der Waals surface area contributed by atoms with Gasteiger partial charge in [-0.25, -0.2) is 9.78 Å². The van der Waals surface area contributed by atoms with Crippen molar-refractivity contribution in [1.82, 2.24) is 14.8 Å². The Hall–Kier alpha value is -3.09. The second-order valence-corrected chi connectivity index (χ2v) is 7.41. The van der Waals surface area contributed by atoms with E-state index in [0.717, 1.165) is 48.6 Å². The van der Waals surface area contributed by atoms with Gasteiger partial charge in [0, 0.05) is 45.1 Å². The largest absolute Gasteiger partial charge is 0.462 e. The summed E-state index contributed by atoms with van der Waals surface area (Å²) in [6.45, 7) is 9.66. The normalized spacial score (nSPS) is 14.5. The van der Waals surface area contributed by atoms with Crippen molar-refractivity contribution in [3.63, 3.8) is 0 Å². The number of fused-ring (bicyclic) bond motifs is 1. The maximum Gasteiger partial charge on any atom is 0.341 e. The van der Waals surface area contributed by atoms with Crippen LogP contribution in [0.15, 0.2) is 30.5 Å². The highest BCUT2D eigenvalue weighted by Gasteiger charge is 2.27. The molecule has 29 heavy (non-hydrogen) atoms. The van der Waals surface area contributed by atoms with Crippen LogP contribution in [0, 0.1) is 13.8 Å². The maximum atomic E-state index is 12.7. The fraction of sp³-hybridized carbons (Fsp3) is 0.409. The zero-order valence-corrected chi connectivity index (χ0v) is 17.5. The monoisotopic (exact) mass is 393 g/mol. The molecule has 7 heteroatoms. The van der Waals surface area contributed by atoms with Gasteiger partial charge in [-0.05, 0) is 32.4 Å². The summed E-state index contributed by atoms with van der Waals surface area (Å²) in [5.74, 6) is -0.332. The van der Waals surface area contributed by atoms with E-state index < -0.39 is 0 Å². The second-order valence-electron chi connectivity index (χ2n) is 7.41. The molecule has 1 aliphatic heterocycles. The van der Waals surface area contributed by atoms with Crippen molar-refractivity contribution in [2.24, 2.45) is 7.05 Å². The van der Waals surface area contributed by atoms with Gasteiger partial charge in [0.05, 0.1) is 23.4 Å². The number of piperazine rings is 1. The Kier molecular flexibility index (Phi) is 5.13. The molecule has 0 radical (unpaired) electrons. The van der Waals surface area contributed by atoms with Crippen LogP contribution in [-0.4, -0.2) is 53.5 Å². The Morgan fingerprint density at radius 2 is 1.79 bits per heavy atom. The third kappa shape index (κ3) is 3.41. The number of benzene rings is 1. The molecule has 0 unspecified atom stereocenters. The number of nitrogens with zero attached hydrogens (tertiary/aromatic N) is 5. The van der Waals surface area contributed by atoms with E-state index in [1.54, 1.807) is 10.9 Å². The molecule has 0 bridgehead atoms. The lowest BCUT2D eigenvalue weighted by Crippen LogP contribution is -2.47. The van der Waals surface area contributed by atoms with Crippen LogP contribution in [0.2, 0.25) is 0 Å². The molecule has 152 valence electrons. The van der Waals surface area contributed by atoms with Crippen LogP contribution < -0.4 is 9.80 Å². The zero-order chi connectivity index (χ0) is 20.5. The van der Waals surface area contributed by atoms with E-state index in [9.17, 15) is 4.79 Å². The summed E-state index contributed by atoms with van der Waals surface area (Å²) in [6.07, 6.45) is 1.63. The summed E-state index contributed by atoms with van der Waals surface area (Å²) < 4.78 is 7.09. The summed E-state index contributed by atoms with van der Waals surface area (Å²) in [5.41, 5.74) is 5.62. The lowest BCUT2D eigenvalue weighted by molar-refractivity contribution is 0.0527. The lowest BCUT2D eigenvalue weighted by atomic mass is 10.1. The number of aromatic nitrogens is 3. The van der Waals surface area contributed by atoms with Crippen molar-refractivity contribution < 1.29 is 9.53 Å². The Morgan fingerprint density at radius 1 is 1.10 bits per heavy atom. The van der Waals surface area contributed by atoms with Crippen LogP contribution in [-0.2, 0) is 11.8 Å². The van der Waals surface area contributed by atoms with Gasteiger partial charge in [0.15, 0.2) is 5.65 Å². The van der Waals surface area contributed by atoms with Crippen molar-refractivity contribution in [3.05, 3.63) is 47.3 Å². The van der Waals surface area contributed by atoms with Crippen molar-refractivity contribution >= 4 is 28.4 Å². The molecule has 0 aliphatic carbocycles. The summed E-state index contributed by atoms with van der Waals surface area (Å²) in [5, 5.41) is 5.46. The lowest BCUT2D eigenvalue weighted by Gasteiger charge is -2.38. The van der Waals surface area contributed by atoms with Gasteiger partial charge >= 0.3 is 5.97 Å². The highest BCUT2D eigenvalue weighted by molar-refractivity contribution is 6.05. The van der Waals surface area contributed by atoms with Crippen LogP contribution >= 0.6 is 0 Å². The molecule has 0 atom stereocenters. The van der Waals surface area contributed by atoms with Crippen LogP contribution in [0.5, 0.6) is 0 Å². The van der Waals surface area contributed by atoms with Crippen molar-refractivity contribution in [3.8, 4) is 0 Å². The van der Waals surface area contributed by atoms with Gasteiger partial charge in [-0.3, -0.25) is 4.68 Å². The van der Waals surface area contributed by atoms with E-state index in [2.05, 4.69) is 51.1 Å². The van der Waals surface area contributed by atoms with E-state index in [4.69, 9.17) is 4.74 Å². The number of carbonyl (C=O) groups excluding carboxylic acids is 1. The predicted molar refractivity (Wildman–Crippen MR) is 115 cm³/mol. The molecule has 1 aliphatic rings. The molecule has 7 nitrogen and oxygen atoms in total. The Balaban J connectivity index is 1.71. The topological polar surface area (TPSA) is 63.5 Å². The first kappa shape index (κ1) is 19.2. The minimum absolute atomic E-state index is 0.332. The summed E-state index contributed by atoms with van der Waals surface area (Å²) >= 11 is 0. The van der Waals surface area contributed by atoms with Crippen LogP contribution in [0.1, 0.15) is 28.5 Å². The van der Waals surface area contributed by atoms with E-state index in [-0.39, 0.29) is 5.97 Å². The maximum absolute atomic E-state index is 12.7. The van der Waals surface area contributed by atoms with Crippen LogP contribution in [0.3, 0.4) is 0 Å². The van der Waals surface area contributed by atoms with E-state index >= 15 is 0 Å². The highest BCUT2D eigenvalue weighted by atomic mass is 16.5. The molecule has 0 saturated carbocycles. The molecule has 1 saturated heterocycles. The molecule has 2 aromatic heterocycles. The Labute approximate surface area is 170 Å². The van der Waals surface area contributed by atoms with Gasteiger partial charge in [0.1, 0.15) is 5.56 Å². The third-order valence-corrected chi connectivity index (χ3v) is 5.55. The first-order valence-corrected chi connectivity index (χ1v) is 10.1. The Morgan fingerprint density at radius 3 is 2.48 bits per heavy atom. The molecule has 0 amide bonds. The van der Waals surface area contributed by atoms with E-state index in [0.29, 0.717) is 12.2 Å². The first-order valence-electron chi connectivity index (χ1n) is 10.1. The molecule has 3 aromatic rings. The van der Waals surface area contributed by atoms with Gasteiger partial charge in [-0.1, -0.05) is 18.2 Å². The Bertz CT molecular complexity index is 1050. The molecular weight excluding hydrogens is 366 g/mol. The molecule has 1 fully saturated rings. The minimum Gasteiger partial charge on any atom is -0.462 e. The summed E-state index contributed by atoms with van der Waals surface area (Å²) in [4.78, 5) is 21.9. The molecule has 3 heterocycles. The predicted octanol–water partition coefficient (Wildman–Crippen LogP) is 3.09. The first-order chi connectivity index (χ1) is 14.0. The van der Waals surface area contributed by atoms with Gasteiger partial charge < -0.3 is 14.5 Å². The van der Waals surface area contributed by atoms with Gasteiger partial charge in [-0.15, -0.1) is 0 Å². The third-order valence-electron chi connectivity index (χ3n) is 5.55. The number of anilines is 2. The average molecular weight is 393 g/mol. The number of aryl methyl sites for hydroxylation is 3. The quantitative estimate of drug-likeness (QED) is 0.635. The van der Waals surface area contributed by atoms with Crippen molar-refractivity contribution in [2.45, 2.75) is 20.8 Å². The standard InChI is InChI=1S/C22H27N5O2/c1-5-29-22(28)17-14-23-21-19(16(3)24-25(21)4)20(17)27-12-10-26(11-13-27)18-9-7-6-8-15(18)2/h6-9,14H,5,10-13H2,1-4H3. The van der Waals surface area contributed by atoms with Crippen molar-refractivity contribution in [1.29, 1.82) is 0 Å². The molecule has 4 rings (SSSR count). The number of carbonyl (C=O) groups is 1. The smallest absolute Gasteiger partial charge is 0.341 e. The average Bonchev–Trinajstić information content (AvgIpc) is 3.02.